The molecule has 0 aliphatic carbocycles. The first-order chi connectivity index (χ1) is 18.5. The van der Waals surface area contributed by atoms with Crippen LogP contribution in [-0.4, -0.2) is 73.8 Å². The van der Waals surface area contributed by atoms with Crippen LogP contribution in [0.2, 0.25) is 0 Å². The molecule has 0 atom stereocenters. The normalized spacial score (nSPS) is 13.1. The minimum atomic E-state index is -0.525. The molecular weight excluding hydrogens is 490 g/mol. The van der Waals surface area contributed by atoms with Crippen LogP contribution in [0.15, 0.2) is 59.5 Å². The largest absolute Gasteiger partial charge is 0.493 e. The van der Waals surface area contributed by atoms with Crippen molar-refractivity contribution >= 4 is 17.9 Å². The molecule has 200 valence electrons. The Balaban J connectivity index is 1.25. The summed E-state index contributed by atoms with van der Waals surface area (Å²) in [6, 6.07) is 15.0. The lowest BCUT2D eigenvalue weighted by molar-refractivity contribution is 0.0935. The Morgan fingerprint density at radius 3 is 2.39 bits per heavy atom. The van der Waals surface area contributed by atoms with Gasteiger partial charge in [0.05, 0.1) is 14.2 Å². The first-order valence-electron chi connectivity index (χ1n) is 12.3. The zero-order valence-electron chi connectivity index (χ0n) is 21.4. The number of amides is 2. The highest BCUT2D eigenvalue weighted by Crippen LogP contribution is 2.27. The van der Waals surface area contributed by atoms with Gasteiger partial charge in [-0.1, -0.05) is 36.4 Å². The summed E-state index contributed by atoms with van der Waals surface area (Å²) in [6.45, 7) is 2.34. The highest BCUT2D eigenvalue weighted by atomic mass is 16.6. The second-order valence-corrected chi connectivity index (χ2v) is 8.66. The number of hydrogen-bond acceptors (Lipinski definition) is 8. The van der Waals surface area contributed by atoms with E-state index in [9.17, 15) is 14.4 Å². The van der Waals surface area contributed by atoms with Crippen LogP contribution >= 0.6 is 0 Å². The number of H-pyrrole nitrogens is 1. The number of benzene rings is 2. The van der Waals surface area contributed by atoms with Gasteiger partial charge in [-0.25, -0.2) is 9.78 Å². The quantitative estimate of drug-likeness (QED) is 0.439. The molecule has 1 aliphatic heterocycles. The Labute approximate surface area is 220 Å². The van der Waals surface area contributed by atoms with E-state index in [-0.39, 0.29) is 18.3 Å². The van der Waals surface area contributed by atoms with Crippen molar-refractivity contribution in [2.45, 2.75) is 13.0 Å². The summed E-state index contributed by atoms with van der Waals surface area (Å²) in [5, 5.41) is 2.75. The van der Waals surface area contributed by atoms with E-state index in [2.05, 4.69) is 15.3 Å². The first kappa shape index (κ1) is 26.5. The second kappa shape index (κ2) is 12.6. The number of methoxy groups -OCH3 is 2. The van der Waals surface area contributed by atoms with Crippen molar-refractivity contribution in [1.82, 2.24) is 20.2 Å². The maximum atomic E-state index is 12.6. The van der Waals surface area contributed by atoms with E-state index in [1.165, 1.54) is 6.20 Å². The molecule has 2 amide bonds. The molecule has 0 saturated carbocycles. The van der Waals surface area contributed by atoms with Crippen molar-refractivity contribution in [1.29, 1.82) is 0 Å². The van der Waals surface area contributed by atoms with Gasteiger partial charge in [-0.05, 0) is 29.7 Å². The van der Waals surface area contributed by atoms with Gasteiger partial charge in [0.1, 0.15) is 12.2 Å². The van der Waals surface area contributed by atoms with Crippen LogP contribution in [-0.2, 0) is 17.8 Å². The number of anilines is 1. The number of carbonyl (C=O) groups is 2. The molecule has 2 N–H and O–H groups in total. The summed E-state index contributed by atoms with van der Waals surface area (Å²) in [7, 11) is 3.13. The number of ether oxygens (including phenoxy) is 3. The van der Waals surface area contributed by atoms with Crippen LogP contribution in [0.1, 0.15) is 21.5 Å². The fourth-order valence-corrected chi connectivity index (χ4v) is 4.07. The second-order valence-electron chi connectivity index (χ2n) is 8.66. The summed E-state index contributed by atoms with van der Waals surface area (Å²) in [5.41, 5.74) is 1.28. The lowest BCUT2D eigenvalue weighted by Crippen LogP contribution is -2.49. The van der Waals surface area contributed by atoms with Crippen LogP contribution in [0.25, 0.3) is 0 Å². The van der Waals surface area contributed by atoms with Gasteiger partial charge in [0.25, 0.3) is 11.5 Å². The summed E-state index contributed by atoms with van der Waals surface area (Å²) in [4.78, 5) is 48.0. The number of aromatic amines is 1. The minimum absolute atomic E-state index is 0.0656. The van der Waals surface area contributed by atoms with Crippen LogP contribution < -0.4 is 25.2 Å². The number of nitrogens with zero attached hydrogens (tertiary/aromatic N) is 3. The van der Waals surface area contributed by atoms with E-state index in [1.54, 1.807) is 25.2 Å². The van der Waals surface area contributed by atoms with Crippen molar-refractivity contribution in [2.24, 2.45) is 0 Å². The fourth-order valence-electron chi connectivity index (χ4n) is 4.07. The molecular formula is C27H31N5O6. The monoisotopic (exact) mass is 521 g/mol. The highest BCUT2D eigenvalue weighted by Gasteiger charge is 2.24. The third kappa shape index (κ3) is 6.61. The number of aromatic nitrogens is 2. The van der Waals surface area contributed by atoms with Gasteiger partial charge in [-0.3, -0.25) is 14.6 Å². The minimum Gasteiger partial charge on any atom is -0.493 e. The molecule has 0 spiro atoms. The Morgan fingerprint density at radius 1 is 0.974 bits per heavy atom. The molecule has 0 bridgehead atoms. The third-order valence-electron chi connectivity index (χ3n) is 6.22. The Bertz CT molecular complexity index is 1300. The van der Waals surface area contributed by atoms with Crippen LogP contribution in [0.3, 0.4) is 0 Å². The van der Waals surface area contributed by atoms with Gasteiger partial charge in [0.15, 0.2) is 11.5 Å². The maximum absolute atomic E-state index is 12.6. The van der Waals surface area contributed by atoms with Crippen molar-refractivity contribution in [2.75, 3.05) is 51.8 Å². The number of piperazine rings is 1. The van der Waals surface area contributed by atoms with Crippen molar-refractivity contribution in [3.8, 4) is 11.5 Å². The molecule has 0 unspecified atom stereocenters. The smallest absolute Gasteiger partial charge is 0.410 e. The molecule has 3 aromatic rings. The molecule has 2 heterocycles. The first-order valence-corrected chi connectivity index (χ1v) is 12.3. The zero-order valence-corrected chi connectivity index (χ0v) is 21.4. The molecule has 2 aromatic carbocycles. The van der Waals surface area contributed by atoms with E-state index in [1.807, 2.05) is 47.4 Å². The summed E-state index contributed by atoms with van der Waals surface area (Å²) in [6.07, 6.45) is 1.45. The summed E-state index contributed by atoms with van der Waals surface area (Å²) >= 11 is 0. The van der Waals surface area contributed by atoms with Crippen LogP contribution in [0, 0.1) is 0 Å². The molecule has 38 heavy (non-hydrogen) atoms. The van der Waals surface area contributed by atoms with E-state index >= 15 is 0 Å². The standard InChI is InChI=1S/C27H31N5O6/c1-36-22-9-8-19(16-23(22)37-2)10-11-28-24(33)21-17-29-26(30-25(21)34)31-12-14-32(15-13-31)27(35)38-18-20-6-4-3-5-7-20/h3-9,16-17H,10-15,18H2,1-2H3,(H,28,33)(H,29,30,34). The molecule has 4 rings (SSSR count). The predicted octanol–water partition coefficient (Wildman–Crippen LogP) is 2.22. The lowest BCUT2D eigenvalue weighted by Gasteiger charge is -2.34. The average Bonchev–Trinajstić information content (AvgIpc) is 2.96. The Hall–Kier alpha value is -4.54. The fraction of sp³-hybridized carbons (Fsp3) is 0.333. The Kier molecular flexibility index (Phi) is 8.81. The maximum Gasteiger partial charge on any atom is 0.410 e. The van der Waals surface area contributed by atoms with Gasteiger partial charge in [0, 0.05) is 38.9 Å². The van der Waals surface area contributed by atoms with Gasteiger partial charge in [0.2, 0.25) is 5.95 Å². The van der Waals surface area contributed by atoms with E-state index in [0.29, 0.717) is 56.6 Å². The topological polar surface area (TPSA) is 126 Å². The third-order valence-corrected chi connectivity index (χ3v) is 6.22. The van der Waals surface area contributed by atoms with Gasteiger partial charge in [-0.15, -0.1) is 0 Å². The van der Waals surface area contributed by atoms with E-state index in [0.717, 1.165) is 11.1 Å². The molecule has 1 fully saturated rings. The van der Waals surface area contributed by atoms with Gasteiger partial charge >= 0.3 is 6.09 Å². The van der Waals surface area contributed by atoms with E-state index in [4.69, 9.17) is 14.2 Å². The average molecular weight is 522 g/mol. The lowest BCUT2D eigenvalue weighted by atomic mass is 10.1. The van der Waals surface area contributed by atoms with Crippen molar-refractivity contribution < 1.29 is 23.8 Å². The molecule has 11 nitrogen and oxygen atoms in total. The number of nitrogens with one attached hydrogen (secondary N) is 2. The zero-order chi connectivity index (χ0) is 26.9. The van der Waals surface area contributed by atoms with Crippen molar-refractivity contribution in [3.05, 3.63) is 81.8 Å². The van der Waals surface area contributed by atoms with Crippen molar-refractivity contribution in [3.63, 3.8) is 0 Å². The number of carbonyl (C=O) groups excluding carboxylic acids is 2. The molecule has 11 heteroatoms. The van der Waals surface area contributed by atoms with Gasteiger partial charge < -0.3 is 29.3 Å². The molecule has 0 radical (unpaired) electrons. The molecule has 1 aromatic heterocycles. The number of rotatable bonds is 9. The van der Waals surface area contributed by atoms with E-state index < -0.39 is 11.5 Å². The predicted molar refractivity (Wildman–Crippen MR) is 141 cm³/mol. The van der Waals surface area contributed by atoms with Crippen LogP contribution in [0.5, 0.6) is 11.5 Å². The summed E-state index contributed by atoms with van der Waals surface area (Å²) < 4.78 is 15.9. The highest BCUT2D eigenvalue weighted by molar-refractivity contribution is 5.93. The Morgan fingerprint density at radius 2 is 1.71 bits per heavy atom. The molecule has 1 saturated heterocycles. The SMILES string of the molecule is COc1ccc(CCNC(=O)c2cnc(N3CCN(C(=O)OCc4ccccc4)CC3)[nH]c2=O)cc1OC. The van der Waals surface area contributed by atoms with Gasteiger partial charge in [-0.2, -0.15) is 0 Å². The van der Waals surface area contributed by atoms with Crippen LogP contribution in [0.4, 0.5) is 10.7 Å². The molecule has 1 aliphatic rings. The number of hydrogen-bond donors (Lipinski definition) is 2. The summed E-state index contributed by atoms with van der Waals surface area (Å²) in [5.74, 6) is 1.09.